The molecule has 0 radical (unpaired) electrons. The molecule has 450 valence electrons. The van der Waals surface area contributed by atoms with E-state index in [0.29, 0.717) is 33.4 Å². The number of amides is 2. The number of benzene rings is 4. The van der Waals surface area contributed by atoms with Crippen molar-refractivity contribution in [3.05, 3.63) is 118 Å². The Morgan fingerprint density at radius 3 is 0.793 bits per heavy atom. The molecule has 0 aliphatic carbocycles. The molecule has 4 aromatic carbocycles. The number of nitrogens with one attached hydrogen (secondary N) is 2. The van der Waals surface area contributed by atoms with Crippen molar-refractivity contribution in [1.29, 1.82) is 0 Å². The van der Waals surface area contributed by atoms with Crippen LogP contribution in [0.1, 0.15) is 43.0 Å². The van der Waals surface area contributed by atoms with E-state index in [1.54, 1.807) is 60.7 Å². The topological polar surface area (TPSA) is 456 Å². The normalized spacial score (nSPS) is 34.1. The first kappa shape index (κ1) is 62.9. The maximum Gasteiger partial charge on any atom is 0.255 e. The average Bonchev–Trinajstić information content (AvgIpc) is 3.65. The first-order valence-electron chi connectivity index (χ1n) is 26.0. The van der Waals surface area contributed by atoms with Crippen LogP contribution in [-0.4, -0.2) is 243 Å². The van der Waals surface area contributed by atoms with E-state index in [1.165, 1.54) is 24.3 Å². The number of carbonyl (C=O) groups excluding carboxylic acids is 2. The molecule has 20 atom stereocenters. The van der Waals surface area contributed by atoms with Gasteiger partial charge in [0.25, 0.3) is 11.8 Å². The summed E-state index contributed by atoms with van der Waals surface area (Å²) in [5.41, 5.74) is 3.55. The number of rotatable bonds is 21. The number of carbonyl (C=O) groups is 2. The van der Waals surface area contributed by atoms with E-state index in [-0.39, 0.29) is 48.9 Å². The van der Waals surface area contributed by atoms with Crippen molar-refractivity contribution in [2.75, 3.05) is 37.1 Å². The molecule has 28 nitrogen and oxygen atoms in total. The van der Waals surface area contributed by atoms with Gasteiger partial charge < -0.3 is 130 Å². The largest absolute Gasteiger partial charge is 0.394 e. The van der Waals surface area contributed by atoms with Crippen molar-refractivity contribution in [2.24, 2.45) is 0 Å². The van der Waals surface area contributed by atoms with Crippen molar-refractivity contribution in [3.63, 3.8) is 0 Å². The van der Waals surface area contributed by atoms with Crippen LogP contribution in [0.25, 0.3) is 11.1 Å². The number of aliphatic hydroxyl groups excluding tert-OH is 16. The average molecular weight is 1160 g/mol. The van der Waals surface area contributed by atoms with Crippen LogP contribution < -0.4 is 10.6 Å². The third-order valence-corrected chi connectivity index (χ3v) is 14.3. The summed E-state index contributed by atoms with van der Waals surface area (Å²) in [6.07, 6.45) is -31.2. The van der Waals surface area contributed by atoms with Crippen molar-refractivity contribution < 1.29 is 129 Å². The molecule has 28 heteroatoms. The molecule has 2 amide bonds. The van der Waals surface area contributed by atoms with Crippen LogP contribution >= 0.6 is 0 Å². The minimum atomic E-state index is -1.71. The van der Waals surface area contributed by atoms with E-state index >= 15 is 0 Å². The number of hydrogen-bond acceptors (Lipinski definition) is 26. The molecule has 4 aliphatic heterocycles. The van der Waals surface area contributed by atoms with Crippen molar-refractivity contribution >= 4 is 23.2 Å². The van der Waals surface area contributed by atoms with Crippen LogP contribution in [0.15, 0.2) is 84.9 Å². The summed E-state index contributed by atoms with van der Waals surface area (Å²) in [5.74, 6) is -1.14. The van der Waals surface area contributed by atoms with Gasteiger partial charge in [-0.15, -0.1) is 0 Å². The second-order valence-corrected chi connectivity index (χ2v) is 20.2. The zero-order valence-electron chi connectivity index (χ0n) is 43.5. The molecule has 18 N–H and O–H groups in total. The van der Waals surface area contributed by atoms with Crippen molar-refractivity contribution in [1.82, 2.24) is 0 Å². The van der Waals surface area contributed by atoms with Crippen LogP contribution in [0, 0.1) is 0 Å². The number of anilines is 2. The monoisotopic (exact) mass is 1160 g/mol. The highest BCUT2D eigenvalue weighted by molar-refractivity contribution is 6.05. The molecule has 0 aromatic heterocycles. The summed E-state index contributed by atoms with van der Waals surface area (Å²) in [7, 11) is 0. The molecule has 0 spiro atoms. The van der Waals surface area contributed by atoms with E-state index < -0.39 is 161 Å². The molecular weight excluding hydrogens is 1090 g/mol. The summed E-state index contributed by atoms with van der Waals surface area (Å²) in [5, 5.41) is 168. The van der Waals surface area contributed by atoms with Gasteiger partial charge in [0, 0.05) is 22.5 Å². The standard InChI is InChI=1S/C54H68N2O26/c57-15-33-37(61)41(65)45(69)51(79-33)75-19-23-9-24(20-76-52-46(70)42(66)38(62)34(16-58)80-52)12-31(11-23)55-49(73)29-5-1-27(2-6-29)28-3-7-30(8-4-28)50(74)56-32-13-25(21-77-53-47(71)43(67)39(63)35(17-59)81-53)10-26(14-32)22-78-54-48(72)44(68)40(64)36(18-60)82-54/h1-14,33-48,51-54,57-72H,15-22H2,(H,55,73)(H,56,74)/t33-,34-,35-,36-,37-,38-,39-,40-,41+,42+,43+,44+,45-,46-,47-,48-,51-,52-,53-,54-/m1/s1. The Labute approximate surface area is 467 Å². The predicted octanol–water partition coefficient (Wildman–Crippen LogP) is -4.88. The fourth-order valence-electron chi connectivity index (χ4n) is 9.57. The van der Waals surface area contributed by atoms with Gasteiger partial charge in [-0.25, -0.2) is 0 Å². The fourth-order valence-corrected chi connectivity index (χ4v) is 9.57. The van der Waals surface area contributed by atoms with E-state index in [0.717, 1.165) is 0 Å². The number of aliphatic hydroxyl groups is 16. The molecule has 0 unspecified atom stereocenters. The van der Waals surface area contributed by atoms with Gasteiger partial charge in [0.1, 0.15) is 97.7 Å². The highest BCUT2D eigenvalue weighted by Gasteiger charge is 2.47. The van der Waals surface area contributed by atoms with Crippen LogP contribution in [0.3, 0.4) is 0 Å². The lowest BCUT2D eigenvalue weighted by molar-refractivity contribution is -0.304. The van der Waals surface area contributed by atoms with E-state index in [1.807, 2.05) is 0 Å². The smallest absolute Gasteiger partial charge is 0.255 e. The van der Waals surface area contributed by atoms with Gasteiger partial charge in [-0.3, -0.25) is 9.59 Å². The lowest BCUT2D eigenvalue weighted by atomic mass is 9.99. The maximum atomic E-state index is 13.7. The van der Waals surface area contributed by atoms with Crippen LogP contribution in [0.2, 0.25) is 0 Å². The third-order valence-electron chi connectivity index (χ3n) is 14.3. The Morgan fingerprint density at radius 1 is 0.341 bits per heavy atom. The predicted molar refractivity (Wildman–Crippen MR) is 275 cm³/mol. The van der Waals surface area contributed by atoms with Gasteiger partial charge in [-0.05, 0) is 81.9 Å². The second kappa shape index (κ2) is 28.2. The molecule has 8 rings (SSSR count). The minimum Gasteiger partial charge on any atom is -0.394 e. The maximum absolute atomic E-state index is 13.7. The summed E-state index contributed by atoms with van der Waals surface area (Å²) < 4.78 is 44.8. The first-order valence-corrected chi connectivity index (χ1v) is 26.0. The van der Waals surface area contributed by atoms with Crippen molar-refractivity contribution in [3.8, 4) is 11.1 Å². The molecule has 82 heavy (non-hydrogen) atoms. The second-order valence-electron chi connectivity index (χ2n) is 20.2. The minimum absolute atomic E-state index is 0.205. The SMILES string of the molecule is O=C(Nc1cc(CO[C@@H]2O[C@H](CO)[C@@H](O)[C@H](O)[C@H]2O)cc(CO[C@@H]2O[C@H](CO)[C@@H](O)[C@H](O)[C@H]2O)c1)c1ccc(-c2ccc(C(=O)Nc3cc(CO[C@@H]4O[C@H](CO)[C@@H](O)[C@H](O)[C@H]4O)cc(CO[C@@H]4O[C@H](CO)[C@@H](O)[C@H](O)[C@H]4O)c3)cc2)cc1. The highest BCUT2D eigenvalue weighted by atomic mass is 16.7. The van der Waals surface area contributed by atoms with Crippen molar-refractivity contribution in [2.45, 2.75) is 149 Å². The molecule has 0 bridgehead atoms. The summed E-state index contributed by atoms with van der Waals surface area (Å²) >= 11 is 0. The van der Waals surface area contributed by atoms with E-state index in [9.17, 15) is 91.3 Å². The Kier molecular flexibility index (Phi) is 21.6. The van der Waals surface area contributed by atoms with Gasteiger partial charge in [-0.2, -0.15) is 0 Å². The Morgan fingerprint density at radius 2 is 0.573 bits per heavy atom. The van der Waals surface area contributed by atoms with Crippen LogP contribution in [0.4, 0.5) is 11.4 Å². The fraction of sp³-hybridized carbons (Fsp3) is 0.519. The lowest BCUT2D eigenvalue weighted by Crippen LogP contribution is -2.59. The molecular formula is C54H68N2O26. The Hall–Kier alpha value is -5.14. The van der Waals surface area contributed by atoms with Crippen LogP contribution in [0.5, 0.6) is 0 Å². The molecule has 4 fully saturated rings. The van der Waals surface area contributed by atoms with Gasteiger partial charge in [-0.1, -0.05) is 36.4 Å². The number of hydrogen-bond donors (Lipinski definition) is 18. The molecule has 4 heterocycles. The molecule has 4 saturated heterocycles. The van der Waals surface area contributed by atoms with Gasteiger partial charge in [0.05, 0.1) is 52.9 Å². The Balaban J connectivity index is 0.939. The molecule has 4 aliphatic rings. The zero-order valence-corrected chi connectivity index (χ0v) is 43.5. The van der Waals surface area contributed by atoms with E-state index in [2.05, 4.69) is 10.6 Å². The lowest BCUT2D eigenvalue weighted by Gasteiger charge is -2.39. The summed E-state index contributed by atoms with van der Waals surface area (Å²) in [4.78, 5) is 27.5. The van der Waals surface area contributed by atoms with Gasteiger partial charge >= 0.3 is 0 Å². The van der Waals surface area contributed by atoms with E-state index in [4.69, 9.17) is 37.9 Å². The van der Waals surface area contributed by atoms with Crippen LogP contribution in [-0.2, 0) is 64.3 Å². The zero-order chi connectivity index (χ0) is 59.1. The Bertz CT molecular complexity index is 2420. The summed E-state index contributed by atoms with van der Waals surface area (Å²) in [6.45, 7) is -4.04. The summed E-state index contributed by atoms with van der Waals surface area (Å²) in [6, 6.07) is 22.1. The molecule has 0 saturated carbocycles. The number of ether oxygens (including phenoxy) is 8. The first-order chi connectivity index (χ1) is 39.2. The van der Waals surface area contributed by atoms with Gasteiger partial charge in [0.2, 0.25) is 0 Å². The third kappa shape index (κ3) is 14.7. The van der Waals surface area contributed by atoms with Gasteiger partial charge in [0.15, 0.2) is 25.2 Å². The molecule has 4 aromatic rings. The quantitative estimate of drug-likeness (QED) is 0.0372. The highest BCUT2D eigenvalue weighted by Crippen LogP contribution is 2.30.